The molecule has 0 spiro atoms. The summed E-state index contributed by atoms with van der Waals surface area (Å²) in [5, 5.41) is 24.0. The molecule has 2 atom stereocenters. The molecule has 1 aliphatic carbocycles. The molecule has 1 aromatic rings. The van der Waals surface area contributed by atoms with Gasteiger partial charge in [-0.3, -0.25) is 0 Å². The SMILES string of the molecule is CC1=C(c2ccccc2)C(CC(O)C2CCC(O)CC2)N2CNC=C12. The van der Waals surface area contributed by atoms with Crippen LogP contribution in [0.2, 0.25) is 0 Å². The van der Waals surface area contributed by atoms with E-state index in [4.69, 9.17) is 0 Å². The minimum atomic E-state index is -0.316. The lowest BCUT2D eigenvalue weighted by atomic mass is 9.80. The Balaban J connectivity index is 1.57. The minimum absolute atomic E-state index is 0.172. The summed E-state index contributed by atoms with van der Waals surface area (Å²) in [6, 6.07) is 10.8. The summed E-state index contributed by atoms with van der Waals surface area (Å²) in [5.74, 6) is 0.310. The molecule has 0 aromatic heterocycles. The quantitative estimate of drug-likeness (QED) is 0.789. The average molecular weight is 340 g/mol. The van der Waals surface area contributed by atoms with Gasteiger partial charge in [-0.1, -0.05) is 30.3 Å². The Labute approximate surface area is 149 Å². The van der Waals surface area contributed by atoms with E-state index in [1.807, 2.05) is 6.07 Å². The van der Waals surface area contributed by atoms with E-state index in [0.29, 0.717) is 5.92 Å². The van der Waals surface area contributed by atoms with Crippen molar-refractivity contribution >= 4 is 5.57 Å². The van der Waals surface area contributed by atoms with Gasteiger partial charge in [0, 0.05) is 6.20 Å². The van der Waals surface area contributed by atoms with Crippen molar-refractivity contribution in [3.05, 3.63) is 53.4 Å². The fourth-order valence-electron chi connectivity index (χ4n) is 4.73. The van der Waals surface area contributed by atoms with Crippen LogP contribution < -0.4 is 5.32 Å². The van der Waals surface area contributed by atoms with E-state index >= 15 is 0 Å². The zero-order valence-electron chi connectivity index (χ0n) is 14.9. The number of fused-ring (bicyclic) bond motifs is 1. The first-order valence-corrected chi connectivity index (χ1v) is 9.48. The third-order valence-corrected chi connectivity index (χ3v) is 6.14. The van der Waals surface area contributed by atoms with E-state index in [1.54, 1.807) is 0 Å². The summed E-state index contributed by atoms with van der Waals surface area (Å²) >= 11 is 0. The predicted molar refractivity (Wildman–Crippen MR) is 99.3 cm³/mol. The second-order valence-corrected chi connectivity index (χ2v) is 7.65. The summed E-state index contributed by atoms with van der Waals surface area (Å²) in [5.41, 5.74) is 5.18. The van der Waals surface area contributed by atoms with Crippen molar-refractivity contribution in [1.29, 1.82) is 0 Å². The van der Waals surface area contributed by atoms with Crippen LogP contribution in [0.15, 0.2) is 47.8 Å². The Kier molecular flexibility index (Phi) is 4.57. The molecule has 0 amide bonds. The maximum atomic E-state index is 10.9. The van der Waals surface area contributed by atoms with Gasteiger partial charge in [0.25, 0.3) is 0 Å². The van der Waals surface area contributed by atoms with Crippen LogP contribution in [0.1, 0.15) is 44.6 Å². The molecule has 1 fully saturated rings. The number of rotatable bonds is 4. The number of aliphatic hydroxyl groups excluding tert-OH is 2. The first-order valence-electron chi connectivity index (χ1n) is 9.48. The van der Waals surface area contributed by atoms with Crippen molar-refractivity contribution in [1.82, 2.24) is 10.2 Å². The van der Waals surface area contributed by atoms with Gasteiger partial charge < -0.3 is 20.4 Å². The molecule has 2 heterocycles. The van der Waals surface area contributed by atoms with E-state index in [1.165, 1.54) is 22.4 Å². The van der Waals surface area contributed by atoms with Crippen molar-refractivity contribution in [2.75, 3.05) is 6.67 Å². The maximum absolute atomic E-state index is 10.9. The number of nitrogens with zero attached hydrogens (tertiary/aromatic N) is 1. The highest BCUT2D eigenvalue weighted by Gasteiger charge is 2.39. The molecule has 1 aromatic carbocycles. The first-order chi connectivity index (χ1) is 12.1. The summed E-state index contributed by atoms with van der Waals surface area (Å²) in [4.78, 5) is 2.39. The van der Waals surface area contributed by atoms with Crippen molar-refractivity contribution < 1.29 is 10.2 Å². The van der Waals surface area contributed by atoms with Gasteiger partial charge in [0.15, 0.2) is 0 Å². The van der Waals surface area contributed by atoms with Crippen LogP contribution in [0.3, 0.4) is 0 Å². The fraction of sp³-hybridized carbons (Fsp3) is 0.524. The standard InChI is InChI=1S/C21H28N2O2/c1-14-19-12-22-13-23(19)18(21(14)16-5-3-2-4-6-16)11-20(25)15-7-9-17(24)10-8-15/h2-6,12,15,17-18,20,22,24-25H,7-11,13H2,1H3. The van der Waals surface area contributed by atoms with Gasteiger partial charge in [0.2, 0.25) is 0 Å². The van der Waals surface area contributed by atoms with Crippen molar-refractivity contribution in [2.24, 2.45) is 5.92 Å². The van der Waals surface area contributed by atoms with Gasteiger partial charge in [0.1, 0.15) is 0 Å². The lowest BCUT2D eigenvalue weighted by Crippen LogP contribution is -2.37. The molecule has 2 aliphatic heterocycles. The zero-order valence-corrected chi connectivity index (χ0v) is 14.9. The second-order valence-electron chi connectivity index (χ2n) is 7.65. The third kappa shape index (κ3) is 3.09. The Bertz CT molecular complexity index is 674. The summed E-state index contributed by atoms with van der Waals surface area (Å²) < 4.78 is 0. The number of hydrogen-bond acceptors (Lipinski definition) is 4. The van der Waals surface area contributed by atoms with Gasteiger partial charge in [-0.25, -0.2) is 0 Å². The van der Waals surface area contributed by atoms with E-state index in [0.717, 1.165) is 38.8 Å². The number of allylic oxidation sites excluding steroid dienone is 1. The van der Waals surface area contributed by atoms with Crippen LogP contribution in [-0.2, 0) is 0 Å². The Morgan fingerprint density at radius 1 is 1.16 bits per heavy atom. The lowest BCUT2D eigenvalue weighted by Gasteiger charge is -2.34. The van der Waals surface area contributed by atoms with Gasteiger partial charge in [-0.15, -0.1) is 0 Å². The highest BCUT2D eigenvalue weighted by Crippen LogP contribution is 2.43. The first kappa shape index (κ1) is 16.7. The minimum Gasteiger partial charge on any atom is -0.393 e. The van der Waals surface area contributed by atoms with Crippen LogP contribution in [-0.4, -0.2) is 40.0 Å². The van der Waals surface area contributed by atoms with Gasteiger partial charge in [-0.05, 0) is 61.7 Å². The van der Waals surface area contributed by atoms with E-state index in [9.17, 15) is 10.2 Å². The van der Waals surface area contributed by atoms with Gasteiger partial charge >= 0.3 is 0 Å². The second kappa shape index (κ2) is 6.85. The molecule has 134 valence electrons. The monoisotopic (exact) mass is 340 g/mol. The number of benzene rings is 1. The molecular formula is C21H28N2O2. The van der Waals surface area contributed by atoms with E-state index in [-0.39, 0.29) is 18.2 Å². The summed E-state index contributed by atoms with van der Waals surface area (Å²) in [7, 11) is 0. The largest absolute Gasteiger partial charge is 0.393 e. The number of aliphatic hydroxyl groups is 2. The molecular weight excluding hydrogens is 312 g/mol. The molecule has 3 aliphatic rings. The topological polar surface area (TPSA) is 55.7 Å². The highest BCUT2D eigenvalue weighted by atomic mass is 16.3. The van der Waals surface area contributed by atoms with Crippen LogP contribution >= 0.6 is 0 Å². The Morgan fingerprint density at radius 2 is 1.88 bits per heavy atom. The van der Waals surface area contributed by atoms with Crippen LogP contribution in [0.25, 0.3) is 5.57 Å². The molecule has 0 radical (unpaired) electrons. The molecule has 2 unspecified atom stereocenters. The van der Waals surface area contributed by atoms with Gasteiger partial charge in [0.05, 0.1) is 30.6 Å². The molecule has 4 heteroatoms. The van der Waals surface area contributed by atoms with Gasteiger partial charge in [-0.2, -0.15) is 0 Å². The molecule has 0 bridgehead atoms. The molecule has 4 nitrogen and oxygen atoms in total. The normalized spacial score (nSPS) is 30.1. The maximum Gasteiger partial charge on any atom is 0.0879 e. The van der Waals surface area contributed by atoms with Crippen molar-refractivity contribution in [3.63, 3.8) is 0 Å². The average Bonchev–Trinajstić information content (AvgIpc) is 3.20. The summed E-state index contributed by atoms with van der Waals surface area (Å²) in [6.45, 7) is 3.00. The van der Waals surface area contributed by atoms with Crippen molar-refractivity contribution in [3.8, 4) is 0 Å². The lowest BCUT2D eigenvalue weighted by molar-refractivity contribution is 0.0302. The zero-order chi connectivity index (χ0) is 17.4. The molecule has 25 heavy (non-hydrogen) atoms. The summed E-state index contributed by atoms with van der Waals surface area (Å²) in [6.07, 6.45) is 5.87. The molecule has 0 saturated heterocycles. The number of hydrogen-bond donors (Lipinski definition) is 3. The third-order valence-electron chi connectivity index (χ3n) is 6.14. The molecule has 1 saturated carbocycles. The molecule has 4 rings (SSSR count). The van der Waals surface area contributed by atoms with Crippen LogP contribution in [0, 0.1) is 5.92 Å². The van der Waals surface area contributed by atoms with Crippen LogP contribution in [0.5, 0.6) is 0 Å². The Morgan fingerprint density at radius 3 is 2.60 bits per heavy atom. The highest BCUT2D eigenvalue weighted by molar-refractivity contribution is 5.79. The van der Waals surface area contributed by atoms with E-state index in [2.05, 4.69) is 47.6 Å². The van der Waals surface area contributed by atoms with Crippen molar-refractivity contribution in [2.45, 2.75) is 57.3 Å². The van der Waals surface area contributed by atoms with E-state index < -0.39 is 0 Å². The Hall–Kier alpha value is -1.78. The smallest absolute Gasteiger partial charge is 0.0879 e. The number of nitrogens with one attached hydrogen (secondary N) is 1. The predicted octanol–water partition coefficient (Wildman–Crippen LogP) is 2.85. The molecule has 3 N–H and O–H groups in total. The van der Waals surface area contributed by atoms with Crippen LogP contribution in [0.4, 0.5) is 0 Å². The fourth-order valence-corrected chi connectivity index (χ4v) is 4.73.